The second-order valence-electron chi connectivity index (χ2n) is 7.54. The van der Waals surface area contributed by atoms with Crippen LogP contribution >= 0.6 is 11.6 Å². The van der Waals surface area contributed by atoms with Crippen LogP contribution < -0.4 is 14.9 Å². The molecule has 2 aromatic carbocycles. The van der Waals surface area contributed by atoms with Gasteiger partial charge in [0, 0.05) is 24.0 Å². The highest BCUT2D eigenvalue weighted by atomic mass is 35.5. The van der Waals surface area contributed by atoms with E-state index in [1.807, 2.05) is 6.07 Å². The van der Waals surface area contributed by atoms with Gasteiger partial charge in [0.15, 0.2) is 0 Å². The molecule has 178 valence electrons. The Balaban J connectivity index is 1.84. The highest BCUT2D eigenvalue weighted by molar-refractivity contribution is 7.92. The Morgan fingerprint density at radius 3 is 2.50 bits per heavy atom. The number of anilines is 2. The number of nitrogens with zero attached hydrogens (tertiary/aromatic N) is 2. The number of carbonyl (C=O) groups is 2. The van der Waals surface area contributed by atoms with Crippen molar-refractivity contribution in [3.63, 3.8) is 0 Å². The van der Waals surface area contributed by atoms with Gasteiger partial charge in [0.2, 0.25) is 15.9 Å². The molecule has 34 heavy (non-hydrogen) atoms. The molecule has 3 rings (SSSR count). The molecule has 1 heterocycles. The second-order valence-corrected chi connectivity index (χ2v) is 9.84. The van der Waals surface area contributed by atoms with E-state index in [0.717, 1.165) is 16.1 Å². The molecule has 0 unspecified atom stereocenters. The van der Waals surface area contributed by atoms with E-state index < -0.39 is 22.0 Å². The maximum Gasteiger partial charge on any atom is 0.253 e. The lowest BCUT2D eigenvalue weighted by Crippen LogP contribution is -2.47. The lowest BCUT2D eigenvalue weighted by Gasteiger charge is -2.30. The van der Waals surface area contributed by atoms with Crippen molar-refractivity contribution in [2.75, 3.05) is 15.9 Å². The third kappa shape index (κ3) is 6.33. The number of carbonyl (C=O) groups excluding carboxylic acids is 2. The molecule has 0 aliphatic heterocycles. The minimum absolute atomic E-state index is 0.195. The van der Waals surface area contributed by atoms with Gasteiger partial charge >= 0.3 is 0 Å². The number of hydrogen-bond acceptors (Lipinski definition) is 5. The molecule has 0 aliphatic rings. The largest absolute Gasteiger partial charge is 0.348 e. The lowest BCUT2D eigenvalue weighted by molar-refractivity contribution is -0.117. The van der Waals surface area contributed by atoms with E-state index in [-0.39, 0.29) is 35.8 Å². The Morgan fingerprint density at radius 1 is 1.09 bits per heavy atom. The molecule has 0 saturated carbocycles. The van der Waals surface area contributed by atoms with Gasteiger partial charge in [0.05, 0.1) is 23.2 Å². The zero-order valence-electron chi connectivity index (χ0n) is 18.7. The van der Waals surface area contributed by atoms with E-state index in [0.29, 0.717) is 5.02 Å². The van der Waals surface area contributed by atoms with Gasteiger partial charge in [0.1, 0.15) is 6.04 Å². The van der Waals surface area contributed by atoms with Gasteiger partial charge in [-0.1, -0.05) is 42.8 Å². The first-order valence-corrected chi connectivity index (χ1v) is 12.7. The molecule has 2 amide bonds. The first-order chi connectivity index (χ1) is 16.2. The van der Waals surface area contributed by atoms with Gasteiger partial charge in [0.25, 0.3) is 5.91 Å². The van der Waals surface area contributed by atoms with E-state index in [4.69, 9.17) is 11.6 Å². The number of benzene rings is 2. The van der Waals surface area contributed by atoms with Crippen LogP contribution in [0.25, 0.3) is 0 Å². The fraction of sp³-hybridized carbons (Fsp3) is 0.208. The van der Waals surface area contributed by atoms with E-state index in [1.165, 1.54) is 6.07 Å². The first kappa shape index (κ1) is 25.2. The topological polar surface area (TPSA) is 108 Å². The highest BCUT2D eigenvalue weighted by Crippen LogP contribution is 2.26. The van der Waals surface area contributed by atoms with Crippen molar-refractivity contribution in [2.24, 2.45) is 0 Å². The van der Waals surface area contributed by atoms with Crippen molar-refractivity contribution in [1.82, 2.24) is 10.3 Å². The highest BCUT2D eigenvalue weighted by Gasteiger charge is 2.32. The molecule has 1 atom stereocenters. The van der Waals surface area contributed by atoms with Gasteiger partial charge < -0.3 is 10.6 Å². The number of aromatic nitrogens is 1. The molecule has 0 bridgehead atoms. The quantitative estimate of drug-likeness (QED) is 0.464. The van der Waals surface area contributed by atoms with Crippen LogP contribution in [0, 0.1) is 0 Å². The van der Waals surface area contributed by atoms with Gasteiger partial charge in [-0.3, -0.25) is 18.9 Å². The predicted octanol–water partition coefficient (Wildman–Crippen LogP) is 3.85. The SMILES string of the molecule is CC[C@@H](C(=O)Nc1ccccc1C(=O)NCc1cccnc1)N(c1cccc(Cl)c1)S(C)(=O)=O. The van der Waals surface area contributed by atoms with Crippen molar-refractivity contribution in [2.45, 2.75) is 25.9 Å². The van der Waals surface area contributed by atoms with Crippen molar-refractivity contribution in [3.8, 4) is 0 Å². The molecule has 0 fully saturated rings. The average molecular weight is 501 g/mol. The Kier molecular flexibility index (Phi) is 8.25. The van der Waals surface area contributed by atoms with E-state index in [2.05, 4.69) is 15.6 Å². The molecule has 8 nitrogen and oxygen atoms in total. The van der Waals surface area contributed by atoms with Crippen LogP contribution in [-0.2, 0) is 21.4 Å². The maximum atomic E-state index is 13.3. The van der Waals surface area contributed by atoms with E-state index in [9.17, 15) is 18.0 Å². The summed E-state index contributed by atoms with van der Waals surface area (Å²) in [5.74, 6) is -0.956. The molecule has 3 aromatic rings. The number of sulfonamides is 1. The summed E-state index contributed by atoms with van der Waals surface area (Å²) in [7, 11) is -3.82. The van der Waals surface area contributed by atoms with Crippen LogP contribution in [0.1, 0.15) is 29.3 Å². The van der Waals surface area contributed by atoms with Crippen molar-refractivity contribution >= 4 is 44.8 Å². The fourth-order valence-corrected chi connectivity index (χ4v) is 4.85. The molecule has 10 heteroatoms. The summed E-state index contributed by atoms with van der Waals surface area (Å²) in [4.78, 5) is 30.1. The third-order valence-corrected chi connectivity index (χ3v) is 6.41. The maximum absolute atomic E-state index is 13.3. The normalized spacial score (nSPS) is 12.0. The number of halogens is 1. The van der Waals surface area contributed by atoms with Crippen LogP contribution in [0.2, 0.25) is 5.02 Å². The lowest BCUT2D eigenvalue weighted by atomic mass is 10.1. The summed E-state index contributed by atoms with van der Waals surface area (Å²) in [6.07, 6.45) is 4.52. The molecule has 1 aromatic heterocycles. The number of hydrogen-bond donors (Lipinski definition) is 2. The average Bonchev–Trinajstić information content (AvgIpc) is 2.81. The van der Waals surface area contributed by atoms with Gasteiger partial charge in [-0.15, -0.1) is 0 Å². The summed E-state index contributed by atoms with van der Waals surface area (Å²) < 4.78 is 26.3. The molecular weight excluding hydrogens is 476 g/mol. The van der Waals surface area contributed by atoms with Crippen molar-refractivity contribution in [3.05, 3.63) is 89.2 Å². The van der Waals surface area contributed by atoms with Gasteiger partial charge in [-0.2, -0.15) is 0 Å². The summed E-state index contributed by atoms with van der Waals surface area (Å²) >= 11 is 6.06. The number of pyridine rings is 1. The first-order valence-electron chi connectivity index (χ1n) is 10.5. The summed E-state index contributed by atoms with van der Waals surface area (Å²) in [5.41, 5.74) is 1.63. The molecule has 2 N–H and O–H groups in total. The summed E-state index contributed by atoms with van der Waals surface area (Å²) in [6.45, 7) is 1.97. The van der Waals surface area contributed by atoms with Crippen LogP contribution in [0.15, 0.2) is 73.1 Å². The van der Waals surface area contributed by atoms with Gasteiger partial charge in [-0.25, -0.2) is 8.42 Å². The minimum atomic E-state index is -3.82. The zero-order valence-corrected chi connectivity index (χ0v) is 20.3. The van der Waals surface area contributed by atoms with Crippen molar-refractivity contribution in [1.29, 1.82) is 0 Å². The van der Waals surface area contributed by atoms with Crippen LogP contribution in [0.4, 0.5) is 11.4 Å². The molecular formula is C24H25ClN4O4S. The monoisotopic (exact) mass is 500 g/mol. The zero-order chi connectivity index (χ0) is 24.7. The Hall–Kier alpha value is -3.43. The fourth-order valence-electron chi connectivity index (χ4n) is 3.46. The standard InChI is InChI=1S/C24H25ClN4O4S/c1-3-22(29(34(2,32)33)19-10-6-9-18(25)14-19)24(31)28-21-12-5-4-11-20(21)23(30)27-16-17-8-7-13-26-15-17/h4-15,22H,3,16H2,1-2H3,(H,27,30)(H,28,31)/t22-/m0/s1. The number of nitrogens with one attached hydrogen (secondary N) is 2. The van der Waals surface area contributed by atoms with Crippen LogP contribution in [-0.4, -0.2) is 37.5 Å². The Labute approximate surface area is 204 Å². The number of para-hydroxylation sites is 1. The molecule has 0 aliphatic carbocycles. The molecule has 0 spiro atoms. The van der Waals surface area contributed by atoms with Crippen LogP contribution in [0.5, 0.6) is 0 Å². The third-order valence-electron chi connectivity index (χ3n) is 5.00. The predicted molar refractivity (Wildman–Crippen MR) is 133 cm³/mol. The second kappa shape index (κ2) is 11.1. The van der Waals surface area contributed by atoms with Crippen molar-refractivity contribution < 1.29 is 18.0 Å². The Morgan fingerprint density at radius 2 is 1.85 bits per heavy atom. The number of rotatable bonds is 9. The van der Waals surface area contributed by atoms with Crippen LogP contribution in [0.3, 0.4) is 0 Å². The molecule has 0 radical (unpaired) electrons. The summed E-state index contributed by atoms with van der Waals surface area (Å²) in [5, 5.41) is 5.87. The van der Waals surface area contributed by atoms with E-state index in [1.54, 1.807) is 67.8 Å². The smallest absolute Gasteiger partial charge is 0.253 e. The molecule has 0 saturated heterocycles. The van der Waals surface area contributed by atoms with Gasteiger partial charge in [-0.05, 0) is 48.4 Å². The summed E-state index contributed by atoms with van der Waals surface area (Å²) in [6, 6.07) is 15.4. The van der Waals surface area contributed by atoms with E-state index >= 15 is 0 Å². The number of amides is 2. The Bertz CT molecular complexity index is 1270. The minimum Gasteiger partial charge on any atom is -0.348 e.